The first kappa shape index (κ1) is 19.7. The van der Waals surface area contributed by atoms with E-state index in [1.165, 1.54) is 12.8 Å². The third-order valence-electron chi connectivity index (χ3n) is 3.59. The topological polar surface area (TPSA) is 80.6 Å². The van der Waals surface area contributed by atoms with Crippen LogP contribution in [0.2, 0.25) is 0 Å². The van der Waals surface area contributed by atoms with Crippen LogP contribution in [-0.4, -0.2) is 26.6 Å². The Morgan fingerprint density at radius 1 is 1.26 bits per heavy atom. The third-order valence-corrected chi connectivity index (χ3v) is 3.59. The number of guanidine groups is 1. The monoisotopic (exact) mass is 430 g/mol. The summed E-state index contributed by atoms with van der Waals surface area (Å²) in [5.41, 5.74) is 7.75. The highest BCUT2D eigenvalue weighted by atomic mass is 127. The van der Waals surface area contributed by atoms with Crippen molar-refractivity contribution in [1.29, 1.82) is 0 Å². The molecule has 23 heavy (non-hydrogen) atoms. The Labute approximate surface area is 155 Å². The van der Waals surface area contributed by atoms with Gasteiger partial charge in [-0.1, -0.05) is 26.7 Å². The van der Waals surface area contributed by atoms with Crippen LogP contribution in [0.5, 0.6) is 0 Å². The molecule has 1 atom stereocenters. The summed E-state index contributed by atoms with van der Waals surface area (Å²) >= 11 is 0. The molecule has 0 aromatic carbocycles. The van der Waals surface area contributed by atoms with Gasteiger partial charge in [0.15, 0.2) is 11.6 Å². The van der Waals surface area contributed by atoms with Crippen LogP contribution in [0.25, 0.3) is 5.65 Å². The standard InChI is InChI=1S/C16H26N6.HI/c1-12(2)5-4-6-13(3)21-16(17)19-11-14-7-9-18-15-8-10-20-22(14)15;/h7-10,12-13H,4-6,11H2,1-3H3,(H3,17,19,21);1H. The van der Waals surface area contributed by atoms with E-state index in [0.717, 1.165) is 23.7 Å². The zero-order chi connectivity index (χ0) is 15.9. The lowest BCUT2D eigenvalue weighted by atomic mass is 10.0. The molecule has 2 aromatic rings. The summed E-state index contributed by atoms with van der Waals surface area (Å²) in [6.45, 7) is 7.12. The van der Waals surface area contributed by atoms with E-state index in [2.05, 4.69) is 41.2 Å². The molecule has 3 N–H and O–H groups in total. The van der Waals surface area contributed by atoms with Gasteiger partial charge in [0.1, 0.15) is 0 Å². The lowest BCUT2D eigenvalue weighted by Gasteiger charge is -2.15. The average Bonchev–Trinajstić information content (AvgIpc) is 2.93. The molecule has 6 nitrogen and oxygen atoms in total. The largest absolute Gasteiger partial charge is 0.370 e. The molecule has 128 valence electrons. The molecule has 2 rings (SSSR count). The molecule has 2 heterocycles. The fraction of sp³-hybridized carbons (Fsp3) is 0.562. The highest BCUT2D eigenvalue weighted by molar-refractivity contribution is 14.0. The fourth-order valence-corrected chi connectivity index (χ4v) is 2.37. The number of aromatic nitrogens is 3. The van der Waals surface area contributed by atoms with Gasteiger partial charge in [-0.3, -0.25) is 0 Å². The van der Waals surface area contributed by atoms with Crippen LogP contribution in [0.1, 0.15) is 45.7 Å². The summed E-state index contributed by atoms with van der Waals surface area (Å²) < 4.78 is 1.78. The first-order valence-corrected chi connectivity index (χ1v) is 7.90. The zero-order valence-corrected chi connectivity index (χ0v) is 16.4. The minimum atomic E-state index is 0. The zero-order valence-electron chi connectivity index (χ0n) is 14.1. The van der Waals surface area contributed by atoms with Crippen LogP contribution in [0.4, 0.5) is 0 Å². The van der Waals surface area contributed by atoms with Crippen LogP contribution in [0, 0.1) is 5.92 Å². The first-order valence-electron chi connectivity index (χ1n) is 7.90. The van der Waals surface area contributed by atoms with E-state index < -0.39 is 0 Å². The van der Waals surface area contributed by atoms with Gasteiger partial charge in [0.2, 0.25) is 0 Å². The van der Waals surface area contributed by atoms with E-state index >= 15 is 0 Å². The highest BCUT2D eigenvalue weighted by Crippen LogP contribution is 2.08. The summed E-state index contributed by atoms with van der Waals surface area (Å²) in [6, 6.07) is 4.11. The molecule has 7 heteroatoms. The molecule has 0 fully saturated rings. The molecule has 0 bridgehead atoms. The molecule has 0 radical (unpaired) electrons. The maximum atomic E-state index is 5.97. The number of nitrogens with zero attached hydrogens (tertiary/aromatic N) is 4. The van der Waals surface area contributed by atoms with Gasteiger partial charge < -0.3 is 11.1 Å². The molecule has 1 unspecified atom stereocenters. The maximum Gasteiger partial charge on any atom is 0.189 e. The molecular formula is C16H27IN6. The molecule has 0 saturated carbocycles. The predicted octanol–water partition coefficient (Wildman–Crippen LogP) is 2.97. The van der Waals surface area contributed by atoms with Crippen LogP contribution in [0.3, 0.4) is 0 Å². The van der Waals surface area contributed by atoms with E-state index in [1.54, 1.807) is 16.9 Å². The third kappa shape index (κ3) is 6.32. The second-order valence-electron chi connectivity index (χ2n) is 6.11. The van der Waals surface area contributed by atoms with Gasteiger partial charge in [-0.2, -0.15) is 5.10 Å². The van der Waals surface area contributed by atoms with E-state index in [4.69, 9.17) is 5.73 Å². The van der Waals surface area contributed by atoms with Crippen LogP contribution >= 0.6 is 24.0 Å². The minimum Gasteiger partial charge on any atom is -0.370 e. The molecular weight excluding hydrogens is 403 g/mol. The Hall–Kier alpha value is -1.38. The van der Waals surface area contributed by atoms with Gasteiger partial charge in [0.25, 0.3) is 0 Å². The quantitative estimate of drug-likeness (QED) is 0.402. The van der Waals surface area contributed by atoms with E-state index in [-0.39, 0.29) is 24.0 Å². The van der Waals surface area contributed by atoms with Crippen molar-refractivity contribution in [3.05, 3.63) is 30.2 Å². The number of nitrogens with two attached hydrogens (primary N) is 1. The van der Waals surface area contributed by atoms with E-state index in [1.807, 2.05) is 12.1 Å². The SMILES string of the molecule is CC(C)CCCC(C)NC(N)=NCc1ccnc2ccnn12.I. The van der Waals surface area contributed by atoms with Crippen LogP contribution in [-0.2, 0) is 6.54 Å². The van der Waals surface area contributed by atoms with Gasteiger partial charge in [-0.05, 0) is 25.3 Å². The van der Waals surface area contributed by atoms with Gasteiger partial charge in [-0.25, -0.2) is 14.5 Å². The maximum absolute atomic E-state index is 5.97. The Bertz CT molecular complexity index is 622. The smallest absolute Gasteiger partial charge is 0.189 e. The number of hydrogen-bond acceptors (Lipinski definition) is 3. The van der Waals surface area contributed by atoms with Crippen molar-refractivity contribution < 1.29 is 0 Å². The van der Waals surface area contributed by atoms with Crippen molar-refractivity contribution in [2.24, 2.45) is 16.6 Å². The van der Waals surface area contributed by atoms with Crippen molar-refractivity contribution in [3.63, 3.8) is 0 Å². The summed E-state index contributed by atoms with van der Waals surface area (Å²) in [5.74, 6) is 1.23. The Morgan fingerprint density at radius 2 is 2.04 bits per heavy atom. The highest BCUT2D eigenvalue weighted by Gasteiger charge is 2.05. The first-order chi connectivity index (χ1) is 10.6. The van der Waals surface area contributed by atoms with E-state index in [0.29, 0.717) is 18.5 Å². The second kappa shape index (κ2) is 9.69. The molecule has 0 spiro atoms. The summed E-state index contributed by atoms with van der Waals surface area (Å²) in [6.07, 6.45) is 7.05. The fourth-order valence-electron chi connectivity index (χ4n) is 2.37. The van der Waals surface area contributed by atoms with E-state index in [9.17, 15) is 0 Å². The van der Waals surface area contributed by atoms with Crippen molar-refractivity contribution in [2.75, 3.05) is 0 Å². The molecule has 0 aliphatic rings. The van der Waals surface area contributed by atoms with Crippen molar-refractivity contribution >= 4 is 35.6 Å². The number of aliphatic imine (C=N–C) groups is 1. The normalized spacial score (nSPS) is 13.1. The molecule has 0 aliphatic heterocycles. The van der Waals surface area contributed by atoms with Crippen molar-refractivity contribution in [1.82, 2.24) is 19.9 Å². The molecule has 0 amide bonds. The molecule has 0 saturated heterocycles. The Kier molecular flexibility index (Phi) is 8.29. The second-order valence-corrected chi connectivity index (χ2v) is 6.11. The minimum absolute atomic E-state index is 0. The lowest BCUT2D eigenvalue weighted by molar-refractivity contribution is 0.493. The predicted molar refractivity (Wildman–Crippen MR) is 105 cm³/mol. The van der Waals surface area contributed by atoms with Gasteiger partial charge in [0, 0.05) is 18.3 Å². The Morgan fingerprint density at radius 3 is 2.78 bits per heavy atom. The van der Waals surface area contributed by atoms with Crippen LogP contribution < -0.4 is 11.1 Å². The number of nitrogens with one attached hydrogen (secondary N) is 1. The summed E-state index contributed by atoms with van der Waals surface area (Å²) in [4.78, 5) is 8.63. The number of hydrogen-bond donors (Lipinski definition) is 2. The van der Waals surface area contributed by atoms with Gasteiger partial charge in [-0.15, -0.1) is 24.0 Å². The number of halogens is 1. The van der Waals surface area contributed by atoms with Crippen molar-refractivity contribution in [3.8, 4) is 0 Å². The van der Waals surface area contributed by atoms with Gasteiger partial charge in [0.05, 0.1) is 18.4 Å². The molecule has 0 aliphatic carbocycles. The number of fused-ring (bicyclic) bond motifs is 1. The van der Waals surface area contributed by atoms with Gasteiger partial charge >= 0.3 is 0 Å². The average molecular weight is 430 g/mol. The summed E-state index contributed by atoms with van der Waals surface area (Å²) in [7, 11) is 0. The summed E-state index contributed by atoms with van der Waals surface area (Å²) in [5, 5.41) is 7.49. The Balaban J connectivity index is 0.00000264. The lowest BCUT2D eigenvalue weighted by Crippen LogP contribution is -2.38. The molecule has 2 aromatic heterocycles. The number of rotatable bonds is 7. The van der Waals surface area contributed by atoms with Crippen LogP contribution in [0.15, 0.2) is 29.5 Å². The van der Waals surface area contributed by atoms with Crippen molar-refractivity contribution in [2.45, 2.75) is 52.6 Å².